The highest BCUT2D eigenvalue weighted by Crippen LogP contribution is 2.41. The Balaban J connectivity index is 1.39. The van der Waals surface area contributed by atoms with E-state index in [9.17, 15) is 9.18 Å². The number of para-hydroxylation sites is 1. The summed E-state index contributed by atoms with van der Waals surface area (Å²) >= 11 is 0. The quantitative estimate of drug-likeness (QED) is 0.376. The highest BCUT2D eigenvalue weighted by atomic mass is 19.1. The molecule has 0 radical (unpaired) electrons. The standard InChI is InChI=1S/C26H20FN9O2/c1-38-26-29-11-15(12-30-26)17-13-28-22-20(17)24(32-14-31-22)34-9-8-19(34)23-33-35-10-7-18(27)21(35)25(37)36(23)16-5-3-2-4-6-16/h2-7,10-14,19H,8-9H2,1H3,(H,28,31,32). The van der Waals surface area contributed by atoms with Gasteiger partial charge in [-0.15, -0.1) is 0 Å². The van der Waals surface area contributed by atoms with Gasteiger partial charge in [0.15, 0.2) is 17.2 Å². The van der Waals surface area contributed by atoms with Crippen molar-refractivity contribution >= 4 is 22.4 Å². The fraction of sp³-hybridized carbons (Fsp3) is 0.154. The molecule has 6 aromatic rings. The second kappa shape index (κ2) is 8.47. The number of anilines is 1. The molecule has 1 fully saturated rings. The lowest BCUT2D eigenvalue weighted by Gasteiger charge is -2.42. The number of H-pyrrole nitrogens is 1. The molecule has 7 rings (SSSR count). The van der Waals surface area contributed by atoms with Crippen molar-refractivity contribution < 1.29 is 9.13 Å². The summed E-state index contributed by atoms with van der Waals surface area (Å²) < 4.78 is 22.4. The number of aromatic nitrogens is 8. The zero-order chi connectivity index (χ0) is 25.8. The van der Waals surface area contributed by atoms with E-state index in [-0.39, 0.29) is 17.6 Å². The van der Waals surface area contributed by atoms with Gasteiger partial charge in [-0.1, -0.05) is 18.2 Å². The van der Waals surface area contributed by atoms with Crippen LogP contribution in [0.5, 0.6) is 6.01 Å². The van der Waals surface area contributed by atoms with E-state index in [4.69, 9.17) is 9.84 Å². The summed E-state index contributed by atoms with van der Waals surface area (Å²) in [5, 5.41) is 5.51. The van der Waals surface area contributed by atoms with Crippen molar-refractivity contribution in [2.24, 2.45) is 0 Å². The number of nitrogens with one attached hydrogen (secondary N) is 1. The second-order valence-corrected chi connectivity index (χ2v) is 8.87. The third kappa shape index (κ3) is 3.26. The zero-order valence-corrected chi connectivity index (χ0v) is 20.1. The summed E-state index contributed by atoms with van der Waals surface area (Å²) in [6.45, 7) is 0.684. The fourth-order valence-electron chi connectivity index (χ4n) is 4.95. The van der Waals surface area contributed by atoms with Gasteiger partial charge in [-0.05, 0) is 24.6 Å². The van der Waals surface area contributed by atoms with Gasteiger partial charge in [-0.3, -0.25) is 9.36 Å². The van der Waals surface area contributed by atoms with Crippen LogP contribution in [0.15, 0.2) is 72.3 Å². The molecule has 1 aliphatic rings. The van der Waals surface area contributed by atoms with Crippen molar-refractivity contribution in [1.82, 2.24) is 39.1 Å². The van der Waals surface area contributed by atoms with Crippen molar-refractivity contribution in [3.05, 3.63) is 89.5 Å². The number of methoxy groups -OCH3 is 1. The molecule has 12 heteroatoms. The largest absolute Gasteiger partial charge is 0.467 e. The Morgan fingerprint density at radius 1 is 1.08 bits per heavy atom. The maximum Gasteiger partial charge on any atom is 0.316 e. The predicted octanol–water partition coefficient (Wildman–Crippen LogP) is 3.31. The van der Waals surface area contributed by atoms with Crippen LogP contribution in [0.3, 0.4) is 0 Å². The van der Waals surface area contributed by atoms with Crippen molar-refractivity contribution in [2.45, 2.75) is 12.5 Å². The van der Waals surface area contributed by atoms with Crippen molar-refractivity contribution in [3.63, 3.8) is 0 Å². The average Bonchev–Trinajstić information content (AvgIpc) is 3.53. The lowest BCUT2D eigenvalue weighted by molar-refractivity contribution is 0.380. The monoisotopic (exact) mass is 509 g/mol. The summed E-state index contributed by atoms with van der Waals surface area (Å²) in [4.78, 5) is 36.4. The number of aromatic amines is 1. The smallest absolute Gasteiger partial charge is 0.316 e. The first kappa shape index (κ1) is 22.1. The van der Waals surface area contributed by atoms with Crippen LogP contribution in [0.1, 0.15) is 18.3 Å². The number of nitrogens with zero attached hydrogens (tertiary/aromatic N) is 8. The van der Waals surface area contributed by atoms with Crippen molar-refractivity contribution in [2.75, 3.05) is 18.6 Å². The van der Waals surface area contributed by atoms with Gasteiger partial charge in [0.25, 0.3) is 5.56 Å². The first-order chi connectivity index (χ1) is 18.6. The molecule has 0 amide bonds. The molecule has 0 bridgehead atoms. The molecular weight excluding hydrogens is 489 g/mol. The van der Waals surface area contributed by atoms with Crippen LogP contribution < -0.4 is 15.2 Å². The van der Waals surface area contributed by atoms with Gasteiger partial charge >= 0.3 is 6.01 Å². The second-order valence-electron chi connectivity index (χ2n) is 8.87. The van der Waals surface area contributed by atoms with E-state index < -0.39 is 11.4 Å². The molecule has 0 spiro atoms. The van der Waals surface area contributed by atoms with E-state index >= 15 is 0 Å². The van der Waals surface area contributed by atoms with Gasteiger partial charge in [0.2, 0.25) is 0 Å². The molecule has 38 heavy (non-hydrogen) atoms. The van der Waals surface area contributed by atoms with Gasteiger partial charge in [-0.25, -0.2) is 28.8 Å². The van der Waals surface area contributed by atoms with Crippen LogP contribution in [-0.2, 0) is 0 Å². The number of halogens is 1. The number of fused-ring (bicyclic) bond motifs is 2. The average molecular weight is 510 g/mol. The number of hydrogen-bond donors (Lipinski definition) is 1. The van der Waals surface area contributed by atoms with Crippen LogP contribution in [0.2, 0.25) is 0 Å². The van der Waals surface area contributed by atoms with Crippen LogP contribution >= 0.6 is 0 Å². The van der Waals surface area contributed by atoms with Crippen LogP contribution in [0.4, 0.5) is 10.2 Å². The summed E-state index contributed by atoms with van der Waals surface area (Å²) in [7, 11) is 1.51. The first-order valence-electron chi connectivity index (χ1n) is 11.9. The molecule has 6 heterocycles. The number of rotatable bonds is 5. The molecular formula is C26H20FN9O2. The van der Waals surface area contributed by atoms with Gasteiger partial charge in [-0.2, -0.15) is 5.10 Å². The molecule has 1 atom stereocenters. The molecule has 1 aromatic carbocycles. The van der Waals surface area contributed by atoms with Crippen LogP contribution in [0.25, 0.3) is 33.4 Å². The van der Waals surface area contributed by atoms with Gasteiger partial charge in [0, 0.05) is 42.5 Å². The van der Waals surface area contributed by atoms with E-state index in [1.807, 2.05) is 36.5 Å². The third-order valence-corrected chi connectivity index (χ3v) is 6.84. The van der Waals surface area contributed by atoms with Gasteiger partial charge < -0.3 is 14.6 Å². The summed E-state index contributed by atoms with van der Waals surface area (Å²) in [6, 6.07) is 10.4. The zero-order valence-electron chi connectivity index (χ0n) is 20.1. The molecule has 1 N–H and O–H groups in total. The Kier molecular flexibility index (Phi) is 4.93. The molecule has 1 saturated heterocycles. The highest BCUT2D eigenvalue weighted by molar-refractivity contribution is 6.01. The maximum absolute atomic E-state index is 14.5. The fourth-order valence-corrected chi connectivity index (χ4v) is 4.95. The number of ether oxygens (including phenoxy) is 1. The Labute approximate surface area is 214 Å². The minimum absolute atomic E-state index is 0.0969. The molecule has 11 nitrogen and oxygen atoms in total. The Bertz CT molecular complexity index is 1860. The predicted molar refractivity (Wildman–Crippen MR) is 137 cm³/mol. The van der Waals surface area contributed by atoms with E-state index in [0.717, 1.165) is 22.9 Å². The molecule has 1 unspecified atom stereocenters. The summed E-state index contributed by atoms with van der Waals surface area (Å²) in [5.74, 6) is 0.568. The molecule has 1 aliphatic heterocycles. The summed E-state index contributed by atoms with van der Waals surface area (Å²) in [6.07, 6.45) is 8.90. The minimum atomic E-state index is -0.611. The third-order valence-electron chi connectivity index (χ3n) is 6.84. The van der Waals surface area contributed by atoms with Gasteiger partial charge in [0.05, 0.1) is 24.2 Å². The Hall–Kier alpha value is -5.13. The molecule has 0 saturated carbocycles. The Morgan fingerprint density at radius 2 is 1.89 bits per heavy atom. The normalized spacial score (nSPS) is 15.2. The Morgan fingerprint density at radius 3 is 2.63 bits per heavy atom. The first-order valence-corrected chi connectivity index (χ1v) is 11.9. The molecule has 5 aromatic heterocycles. The SMILES string of the molecule is COc1ncc(-c2c[nH]c3ncnc(N4CCC4c4nn5ccc(F)c5c(=O)n4-c4ccccc4)c23)cn1. The number of hydrogen-bond acceptors (Lipinski definition) is 8. The van der Waals surface area contributed by atoms with Crippen LogP contribution in [0, 0.1) is 5.82 Å². The molecule has 0 aliphatic carbocycles. The highest BCUT2D eigenvalue weighted by Gasteiger charge is 2.37. The van der Waals surface area contributed by atoms with Gasteiger partial charge in [0.1, 0.15) is 17.8 Å². The van der Waals surface area contributed by atoms with Crippen LogP contribution in [-0.4, -0.2) is 52.8 Å². The van der Waals surface area contributed by atoms with Crippen molar-refractivity contribution in [3.8, 4) is 22.8 Å². The van der Waals surface area contributed by atoms with E-state index in [1.165, 1.54) is 34.8 Å². The maximum atomic E-state index is 14.5. The summed E-state index contributed by atoms with van der Waals surface area (Å²) in [5.41, 5.74) is 2.30. The minimum Gasteiger partial charge on any atom is -0.467 e. The number of benzene rings is 1. The lowest BCUT2D eigenvalue weighted by atomic mass is 10.00. The van der Waals surface area contributed by atoms with Crippen molar-refractivity contribution in [1.29, 1.82) is 0 Å². The topological polar surface area (TPSA) is 119 Å². The lowest BCUT2D eigenvalue weighted by Crippen LogP contribution is -2.45. The molecule has 188 valence electrons. The van der Waals surface area contributed by atoms with E-state index in [2.05, 4.69) is 29.8 Å². The van der Waals surface area contributed by atoms with E-state index in [0.29, 0.717) is 29.5 Å². The van der Waals surface area contributed by atoms with E-state index in [1.54, 1.807) is 12.4 Å².